The predicted octanol–water partition coefficient (Wildman–Crippen LogP) is 3.24. The predicted molar refractivity (Wildman–Crippen MR) is 123 cm³/mol. The van der Waals surface area contributed by atoms with E-state index in [0.717, 1.165) is 29.8 Å². The summed E-state index contributed by atoms with van der Waals surface area (Å²) in [5.74, 6) is -1.81. The molecule has 0 aromatic carbocycles. The van der Waals surface area contributed by atoms with Crippen LogP contribution in [0.3, 0.4) is 0 Å². The molecule has 2 atom stereocenters. The van der Waals surface area contributed by atoms with Crippen molar-refractivity contribution in [3.8, 4) is 0 Å². The van der Waals surface area contributed by atoms with Gasteiger partial charge in [0, 0.05) is 33.0 Å². The summed E-state index contributed by atoms with van der Waals surface area (Å²) in [6.45, 7) is 6.76. The highest BCUT2D eigenvalue weighted by atomic mass is 35.5. The Morgan fingerprint density at radius 2 is 2.09 bits per heavy atom. The summed E-state index contributed by atoms with van der Waals surface area (Å²) < 4.78 is 6.02. The first-order chi connectivity index (χ1) is 15.2. The number of halogens is 1. The Balaban J connectivity index is 1.72. The molecule has 0 radical (unpaired) electrons. The molecule has 2 N–H and O–H groups in total. The number of amides is 1. The van der Waals surface area contributed by atoms with E-state index in [2.05, 4.69) is 15.3 Å². The number of ketones is 1. The smallest absolute Gasteiger partial charge is 0.348 e. The van der Waals surface area contributed by atoms with Crippen molar-refractivity contribution in [2.75, 3.05) is 24.6 Å². The first-order valence-electron chi connectivity index (χ1n) is 10.6. The van der Waals surface area contributed by atoms with Crippen LogP contribution in [0, 0.1) is 0 Å². The lowest BCUT2D eigenvalue weighted by Crippen LogP contribution is -2.56. The molecule has 9 nitrogen and oxygen atoms in total. The van der Waals surface area contributed by atoms with Crippen molar-refractivity contribution < 1.29 is 24.2 Å². The second-order valence-electron chi connectivity index (χ2n) is 7.74. The SMILES string of the molecule is CCCO[C@H]1CN(c2nc(C(C)=O)c(C(=O)O)s2)CC[C@H]1NC(=O)C1=NC(Cl)=C(CC)C1. The van der Waals surface area contributed by atoms with Crippen molar-refractivity contribution >= 4 is 51.4 Å². The molecule has 3 rings (SSSR count). The molecule has 0 spiro atoms. The van der Waals surface area contributed by atoms with Crippen molar-refractivity contribution in [3.63, 3.8) is 0 Å². The number of hydrogen-bond donors (Lipinski definition) is 2. The van der Waals surface area contributed by atoms with Crippen LogP contribution in [0.1, 0.15) is 66.6 Å². The Labute approximate surface area is 195 Å². The average molecular weight is 483 g/mol. The maximum absolute atomic E-state index is 12.8. The van der Waals surface area contributed by atoms with Crippen molar-refractivity contribution in [3.05, 3.63) is 21.3 Å². The normalized spacial score (nSPS) is 21.0. The molecule has 174 valence electrons. The molecular formula is C21H27ClN4O5S. The Kier molecular flexibility index (Phi) is 8.02. The first-order valence-corrected chi connectivity index (χ1v) is 11.8. The van der Waals surface area contributed by atoms with Crippen LogP contribution in [0.25, 0.3) is 0 Å². The maximum Gasteiger partial charge on any atom is 0.348 e. The maximum atomic E-state index is 12.8. The van der Waals surface area contributed by atoms with Gasteiger partial charge in [-0.3, -0.25) is 9.59 Å². The molecule has 32 heavy (non-hydrogen) atoms. The molecule has 0 aliphatic carbocycles. The van der Waals surface area contributed by atoms with Crippen molar-refractivity contribution in [1.82, 2.24) is 10.3 Å². The number of nitrogens with zero attached hydrogens (tertiary/aromatic N) is 3. The molecule has 0 bridgehead atoms. The highest BCUT2D eigenvalue weighted by Crippen LogP contribution is 2.30. The minimum absolute atomic E-state index is 0.0331. The Hall–Kier alpha value is -2.30. The fourth-order valence-electron chi connectivity index (χ4n) is 3.69. The Morgan fingerprint density at radius 1 is 1.34 bits per heavy atom. The van der Waals surface area contributed by atoms with Crippen molar-refractivity contribution in [2.24, 2.45) is 4.99 Å². The summed E-state index contributed by atoms with van der Waals surface area (Å²) in [5, 5.41) is 13.3. The van der Waals surface area contributed by atoms with Gasteiger partial charge in [-0.25, -0.2) is 14.8 Å². The quantitative estimate of drug-likeness (QED) is 0.409. The Morgan fingerprint density at radius 3 is 2.66 bits per heavy atom. The third-order valence-corrected chi connectivity index (χ3v) is 6.88. The van der Waals surface area contributed by atoms with Crippen molar-refractivity contribution in [2.45, 2.75) is 58.6 Å². The number of carboxylic acids is 1. The lowest BCUT2D eigenvalue weighted by molar-refractivity contribution is -0.117. The van der Waals surface area contributed by atoms with Crippen LogP contribution < -0.4 is 10.2 Å². The fraction of sp³-hybridized carbons (Fsp3) is 0.571. The third kappa shape index (κ3) is 5.36. The van der Waals surface area contributed by atoms with Crippen LogP contribution in [0.5, 0.6) is 0 Å². The van der Waals surface area contributed by atoms with Crippen molar-refractivity contribution in [1.29, 1.82) is 0 Å². The number of carbonyl (C=O) groups excluding carboxylic acids is 2. The molecular weight excluding hydrogens is 456 g/mol. The summed E-state index contributed by atoms with van der Waals surface area (Å²) in [6, 6.07) is -0.233. The zero-order valence-electron chi connectivity index (χ0n) is 18.3. The van der Waals surface area contributed by atoms with Crippen LogP contribution in [-0.2, 0) is 9.53 Å². The van der Waals surface area contributed by atoms with Crippen LogP contribution in [0.15, 0.2) is 15.7 Å². The van der Waals surface area contributed by atoms with Gasteiger partial charge in [-0.15, -0.1) is 0 Å². The number of nitrogens with one attached hydrogen (secondary N) is 1. The van der Waals surface area contributed by atoms with Gasteiger partial charge in [0.25, 0.3) is 5.91 Å². The minimum Gasteiger partial charge on any atom is -0.477 e. The molecule has 1 aromatic rings. The van der Waals surface area contributed by atoms with E-state index in [1.165, 1.54) is 6.92 Å². The molecule has 3 heterocycles. The van der Waals surface area contributed by atoms with Gasteiger partial charge in [0.2, 0.25) is 0 Å². The summed E-state index contributed by atoms with van der Waals surface area (Å²) in [6.07, 6.45) is 2.27. The van der Waals surface area contributed by atoms with E-state index in [0.29, 0.717) is 48.5 Å². The number of aromatic nitrogens is 1. The molecule has 0 saturated carbocycles. The summed E-state index contributed by atoms with van der Waals surface area (Å²) in [7, 11) is 0. The number of anilines is 1. The fourth-order valence-corrected chi connectivity index (χ4v) is 4.98. The van der Waals surface area contributed by atoms with Gasteiger partial charge in [0.1, 0.15) is 21.4 Å². The monoisotopic (exact) mass is 482 g/mol. The number of allylic oxidation sites excluding steroid dienone is 1. The second kappa shape index (κ2) is 10.5. The average Bonchev–Trinajstić information content (AvgIpc) is 3.37. The van der Waals surface area contributed by atoms with Gasteiger partial charge in [0.05, 0.1) is 12.1 Å². The molecule has 0 unspecified atom stereocenters. The van der Waals surface area contributed by atoms with Crippen LogP contribution in [0.4, 0.5) is 5.13 Å². The Bertz CT molecular complexity index is 942. The molecule has 1 fully saturated rings. The largest absolute Gasteiger partial charge is 0.477 e. The highest BCUT2D eigenvalue weighted by Gasteiger charge is 2.35. The number of thiazole rings is 1. The first kappa shape index (κ1) is 24.3. The van der Waals surface area contributed by atoms with Gasteiger partial charge in [-0.1, -0.05) is 36.8 Å². The summed E-state index contributed by atoms with van der Waals surface area (Å²) in [4.78, 5) is 46.4. The van der Waals surface area contributed by atoms with E-state index in [1.807, 2.05) is 18.7 Å². The summed E-state index contributed by atoms with van der Waals surface area (Å²) in [5.41, 5.74) is 1.32. The van der Waals surface area contributed by atoms with Crippen LogP contribution in [0.2, 0.25) is 0 Å². The minimum atomic E-state index is -1.17. The van der Waals surface area contributed by atoms with E-state index in [1.54, 1.807) is 0 Å². The molecule has 1 amide bonds. The van der Waals surface area contributed by atoms with Gasteiger partial charge >= 0.3 is 5.97 Å². The number of carbonyl (C=O) groups is 3. The number of piperidine rings is 1. The number of aliphatic imine (C=N–C) groups is 1. The van der Waals surface area contributed by atoms with E-state index in [9.17, 15) is 19.5 Å². The van der Waals surface area contributed by atoms with Gasteiger partial charge < -0.3 is 20.1 Å². The molecule has 2 aliphatic heterocycles. The van der Waals surface area contributed by atoms with Gasteiger partial charge in [-0.2, -0.15) is 0 Å². The summed E-state index contributed by atoms with van der Waals surface area (Å²) >= 11 is 7.09. The zero-order chi connectivity index (χ0) is 23.4. The van der Waals surface area contributed by atoms with E-state index < -0.39 is 5.97 Å². The molecule has 1 saturated heterocycles. The number of hydrogen-bond acceptors (Lipinski definition) is 8. The molecule has 2 aliphatic rings. The number of ether oxygens (including phenoxy) is 1. The van der Waals surface area contributed by atoms with Crippen LogP contribution in [-0.4, -0.2) is 65.3 Å². The number of rotatable bonds is 9. The zero-order valence-corrected chi connectivity index (χ0v) is 19.9. The lowest BCUT2D eigenvalue weighted by atomic mass is 10.0. The lowest BCUT2D eigenvalue weighted by Gasteiger charge is -2.38. The number of Topliss-reactive ketones (excluding diaryl/α,β-unsaturated/α-hetero) is 1. The molecule has 11 heteroatoms. The molecule has 1 aromatic heterocycles. The van der Waals surface area contributed by atoms with Crippen LogP contribution >= 0.6 is 22.9 Å². The number of aromatic carboxylic acids is 1. The number of carboxylic acid groups (broad SMARTS) is 1. The second-order valence-corrected chi connectivity index (χ2v) is 9.08. The van der Waals surface area contributed by atoms with Gasteiger partial charge in [0.15, 0.2) is 10.9 Å². The third-order valence-electron chi connectivity index (χ3n) is 5.42. The standard InChI is InChI=1S/C21H27ClN4O5S/c1-4-8-31-15-10-26(21-25-16(11(3)27)17(32-21)20(29)30)7-6-13(15)24-19(28)14-9-12(5-2)18(22)23-14/h13,15H,4-10H2,1-3H3,(H,24,28)(H,29,30)/t13-,15+/m1/s1. The topological polar surface area (TPSA) is 121 Å². The van der Waals surface area contributed by atoms with E-state index >= 15 is 0 Å². The highest BCUT2D eigenvalue weighted by molar-refractivity contribution is 7.17. The van der Waals surface area contributed by atoms with E-state index in [-0.39, 0.29) is 34.4 Å². The van der Waals surface area contributed by atoms with E-state index in [4.69, 9.17) is 16.3 Å². The van der Waals surface area contributed by atoms with Gasteiger partial charge in [-0.05, 0) is 24.8 Å².